The number of nitrogens with one attached hydrogen (secondary N) is 2. The number of nitrogens with zero attached hydrogens (tertiary/aromatic N) is 4. The van der Waals surface area contributed by atoms with Crippen molar-refractivity contribution in [3.05, 3.63) is 101 Å². The summed E-state index contributed by atoms with van der Waals surface area (Å²) in [5, 5.41) is 6.53. The fourth-order valence-electron chi connectivity index (χ4n) is 6.37. The van der Waals surface area contributed by atoms with Crippen molar-refractivity contribution in [1.82, 2.24) is 19.8 Å². The van der Waals surface area contributed by atoms with E-state index in [2.05, 4.69) is 63.9 Å². The Bertz CT molecular complexity index is 1580. The fraction of sp³-hybridized carbons (Fsp3) is 0.378. The van der Waals surface area contributed by atoms with Gasteiger partial charge in [-0.05, 0) is 80.2 Å². The Hall–Kier alpha value is -4.27. The molecule has 6 rings (SSSR count). The molecule has 0 spiro atoms. The van der Waals surface area contributed by atoms with Gasteiger partial charge in [0.2, 0.25) is 11.9 Å². The van der Waals surface area contributed by atoms with E-state index in [1.165, 1.54) is 11.1 Å². The van der Waals surface area contributed by atoms with Crippen LogP contribution in [0.4, 0.5) is 11.6 Å². The second-order valence-electron chi connectivity index (χ2n) is 12.0. The molecule has 1 amide bonds. The lowest BCUT2D eigenvalue weighted by molar-refractivity contribution is -0.116. The van der Waals surface area contributed by atoms with Crippen LogP contribution in [-0.4, -0.2) is 78.6 Å². The van der Waals surface area contributed by atoms with Crippen LogP contribution < -0.4 is 15.4 Å². The molecule has 1 aliphatic carbocycles. The minimum Gasteiger partial charge on any atom is -0.494 e. The Balaban J connectivity index is 1.07. The highest BCUT2D eigenvalue weighted by molar-refractivity contribution is 5.90. The van der Waals surface area contributed by atoms with Gasteiger partial charge in [0.25, 0.3) is 0 Å². The summed E-state index contributed by atoms with van der Waals surface area (Å²) in [5.41, 5.74) is 7.68. The molecule has 2 N–H and O–H groups in total. The van der Waals surface area contributed by atoms with Crippen molar-refractivity contribution in [2.45, 2.75) is 38.5 Å². The van der Waals surface area contributed by atoms with Gasteiger partial charge in [-0.15, -0.1) is 0 Å². The molecule has 1 fully saturated rings. The number of ether oxygens (including phenoxy) is 1. The molecule has 1 aliphatic heterocycles. The maximum absolute atomic E-state index is 12.8. The molecule has 3 aromatic carbocycles. The number of amides is 1. The van der Waals surface area contributed by atoms with Crippen LogP contribution >= 0.6 is 0 Å². The van der Waals surface area contributed by atoms with Gasteiger partial charge in [0.05, 0.1) is 12.3 Å². The van der Waals surface area contributed by atoms with Crippen molar-refractivity contribution in [2.24, 2.45) is 0 Å². The van der Waals surface area contributed by atoms with Gasteiger partial charge in [-0.1, -0.05) is 54.6 Å². The van der Waals surface area contributed by atoms with Crippen molar-refractivity contribution in [3.8, 4) is 17.0 Å². The zero-order valence-corrected chi connectivity index (χ0v) is 26.5. The number of benzene rings is 3. The third-order valence-corrected chi connectivity index (χ3v) is 8.90. The van der Waals surface area contributed by atoms with Crippen molar-refractivity contribution in [2.75, 3.05) is 63.6 Å². The second kappa shape index (κ2) is 14.7. The van der Waals surface area contributed by atoms with Gasteiger partial charge in [-0.2, -0.15) is 0 Å². The number of rotatable bonds is 12. The molecular weight excluding hydrogens is 560 g/mol. The molecule has 2 heterocycles. The summed E-state index contributed by atoms with van der Waals surface area (Å²) in [7, 11) is 2.19. The highest BCUT2D eigenvalue weighted by Crippen LogP contribution is 2.42. The summed E-state index contributed by atoms with van der Waals surface area (Å²) in [6.07, 6.45) is 4.93. The van der Waals surface area contributed by atoms with Crippen LogP contribution in [0.15, 0.2) is 79.0 Å². The van der Waals surface area contributed by atoms with Crippen molar-refractivity contribution >= 4 is 17.5 Å². The van der Waals surface area contributed by atoms with E-state index in [9.17, 15) is 4.79 Å². The Morgan fingerprint density at radius 3 is 2.58 bits per heavy atom. The molecule has 4 aromatic rings. The molecule has 1 unspecified atom stereocenters. The van der Waals surface area contributed by atoms with E-state index >= 15 is 0 Å². The monoisotopic (exact) mass is 604 g/mol. The maximum Gasteiger partial charge on any atom is 0.224 e. The number of aromatic nitrogens is 2. The first-order chi connectivity index (χ1) is 22.1. The molecular formula is C37H44N6O2. The molecule has 2 aliphatic rings. The molecule has 1 aromatic heterocycles. The smallest absolute Gasteiger partial charge is 0.224 e. The maximum atomic E-state index is 12.8. The van der Waals surface area contributed by atoms with Gasteiger partial charge < -0.3 is 25.2 Å². The van der Waals surface area contributed by atoms with Gasteiger partial charge in [0.1, 0.15) is 5.75 Å². The average molecular weight is 605 g/mol. The van der Waals surface area contributed by atoms with E-state index in [0.717, 1.165) is 85.9 Å². The van der Waals surface area contributed by atoms with Crippen LogP contribution in [0.2, 0.25) is 0 Å². The van der Waals surface area contributed by atoms with Crippen LogP contribution in [0.25, 0.3) is 11.3 Å². The quantitative estimate of drug-likeness (QED) is 0.196. The average Bonchev–Trinajstić information content (AvgIpc) is 3.07. The summed E-state index contributed by atoms with van der Waals surface area (Å²) in [5.74, 6) is 1.73. The van der Waals surface area contributed by atoms with Crippen LogP contribution in [-0.2, 0) is 17.6 Å². The van der Waals surface area contributed by atoms with Crippen molar-refractivity contribution in [1.29, 1.82) is 0 Å². The number of fused-ring (bicyclic) bond motifs is 3. The van der Waals surface area contributed by atoms with Crippen molar-refractivity contribution in [3.63, 3.8) is 0 Å². The number of hydrogen-bond acceptors (Lipinski definition) is 7. The number of hydrogen-bond donors (Lipinski definition) is 2. The molecule has 0 saturated carbocycles. The third-order valence-electron chi connectivity index (χ3n) is 8.90. The summed E-state index contributed by atoms with van der Waals surface area (Å²) < 4.78 is 5.71. The van der Waals surface area contributed by atoms with Crippen LogP contribution in [0.5, 0.6) is 5.75 Å². The lowest BCUT2D eigenvalue weighted by atomic mass is 9.78. The van der Waals surface area contributed by atoms with Crippen molar-refractivity contribution < 1.29 is 9.53 Å². The van der Waals surface area contributed by atoms with Crippen LogP contribution in [0.1, 0.15) is 47.9 Å². The molecule has 8 nitrogen and oxygen atoms in total. The normalized spacial score (nSPS) is 16.4. The van der Waals surface area contributed by atoms with E-state index in [1.807, 2.05) is 49.5 Å². The van der Waals surface area contributed by atoms with Gasteiger partial charge in [0, 0.05) is 62.5 Å². The molecule has 0 radical (unpaired) electrons. The molecule has 1 saturated heterocycles. The molecule has 8 heteroatoms. The topological polar surface area (TPSA) is 82.6 Å². The number of carbonyl (C=O) groups is 1. The highest BCUT2D eigenvalue weighted by Gasteiger charge is 2.27. The SMILES string of the molecule is CCOc1ccccc1CCC(=O)Nc1ccc(C2Cc3cnc(NCCCN4CCN(C)CC4)nc3-c3ccccc32)cc1. The minimum atomic E-state index is -0.00752. The zero-order chi connectivity index (χ0) is 31.0. The number of para-hydroxylation sites is 1. The van der Waals surface area contributed by atoms with Gasteiger partial charge in [-0.25, -0.2) is 9.97 Å². The minimum absolute atomic E-state index is 0.00752. The number of likely N-dealkylation sites (N-methyl/N-ethyl adjacent to an activating group) is 1. The third kappa shape index (κ3) is 7.70. The zero-order valence-electron chi connectivity index (χ0n) is 26.5. The summed E-state index contributed by atoms with van der Waals surface area (Å²) >= 11 is 0. The van der Waals surface area contributed by atoms with Crippen LogP contribution in [0, 0.1) is 0 Å². The highest BCUT2D eigenvalue weighted by atomic mass is 16.5. The summed E-state index contributed by atoms with van der Waals surface area (Å²) in [6.45, 7) is 9.12. The Kier molecular flexibility index (Phi) is 10.0. The first kappa shape index (κ1) is 30.7. The van der Waals surface area contributed by atoms with E-state index < -0.39 is 0 Å². The summed E-state index contributed by atoms with van der Waals surface area (Å²) in [4.78, 5) is 27.4. The van der Waals surface area contributed by atoms with E-state index in [-0.39, 0.29) is 11.8 Å². The van der Waals surface area contributed by atoms with E-state index in [1.54, 1.807) is 0 Å². The first-order valence-corrected chi connectivity index (χ1v) is 16.3. The number of aryl methyl sites for hydroxylation is 1. The summed E-state index contributed by atoms with van der Waals surface area (Å²) in [6, 6.07) is 24.8. The molecule has 234 valence electrons. The largest absolute Gasteiger partial charge is 0.494 e. The lowest BCUT2D eigenvalue weighted by Crippen LogP contribution is -2.44. The predicted molar refractivity (Wildman–Crippen MR) is 181 cm³/mol. The Labute approximate surface area is 266 Å². The van der Waals surface area contributed by atoms with Crippen LogP contribution in [0.3, 0.4) is 0 Å². The predicted octanol–water partition coefficient (Wildman–Crippen LogP) is 5.85. The fourth-order valence-corrected chi connectivity index (χ4v) is 6.37. The number of piperazine rings is 1. The Morgan fingerprint density at radius 1 is 0.978 bits per heavy atom. The first-order valence-electron chi connectivity index (χ1n) is 16.3. The van der Waals surface area contributed by atoms with Gasteiger partial charge in [-0.3, -0.25) is 4.79 Å². The van der Waals surface area contributed by atoms with Gasteiger partial charge >= 0.3 is 0 Å². The standard InChI is InChI=1S/C37H44N6O2/c1-3-45-34-12-7-4-9-28(34)15-18-35(44)40-30-16-13-27(14-17-30)33-25-29-26-39-37(41-36(29)32-11-6-5-10-31(32)33)38-19-8-20-43-23-21-42(2)22-24-43/h4-7,9-14,16-17,26,33H,3,8,15,18-25H2,1-2H3,(H,40,44)(H,38,39,41). The number of carbonyl (C=O) groups excluding carboxylic acids is 1. The second-order valence-corrected chi connectivity index (χ2v) is 12.0. The number of anilines is 2. The molecule has 45 heavy (non-hydrogen) atoms. The molecule has 0 bridgehead atoms. The van der Waals surface area contributed by atoms with E-state index in [0.29, 0.717) is 25.4 Å². The Morgan fingerprint density at radius 2 is 1.76 bits per heavy atom. The van der Waals surface area contributed by atoms with Gasteiger partial charge in [0.15, 0.2) is 0 Å². The lowest BCUT2D eigenvalue weighted by Gasteiger charge is -2.32. The van der Waals surface area contributed by atoms with E-state index in [4.69, 9.17) is 14.7 Å². The molecule has 1 atom stereocenters.